The second kappa shape index (κ2) is 10.2. The van der Waals surface area contributed by atoms with E-state index in [1.165, 1.54) is 0 Å². The number of amides is 1. The third kappa shape index (κ3) is 7.95. The Labute approximate surface area is 198 Å². The highest BCUT2D eigenvalue weighted by atomic mass is 127. The maximum Gasteiger partial charge on any atom is 0.407 e. The number of carbonyl (C=O) groups is 1. The van der Waals surface area contributed by atoms with E-state index in [1.54, 1.807) is 0 Å². The van der Waals surface area contributed by atoms with E-state index in [9.17, 15) is 4.79 Å². The molecular formula is C23H30ClIN2O3. The number of carbonyl (C=O) groups excluding carboxylic acids is 1. The maximum absolute atomic E-state index is 12.4. The van der Waals surface area contributed by atoms with Crippen LogP contribution in [-0.2, 0) is 17.8 Å². The van der Waals surface area contributed by atoms with Gasteiger partial charge in [-0.2, -0.15) is 0 Å². The molecular weight excluding hydrogens is 515 g/mol. The Bertz CT molecular complexity index is 861. The zero-order chi connectivity index (χ0) is 22.5. The molecule has 7 heteroatoms. The van der Waals surface area contributed by atoms with Crippen LogP contribution in [0.4, 0.5) is 4.79 Å². The maximum atomic E-state index is 12.4. The highest BCUT2D eigenvalue weighted by molar-refractivity contribution is 14.1. The van der Waals surface area contributed by atoms with Crippen LogP contribution in [0.3, 0.4) is 0 Å². The Kier molecular flexibility index (Phi) is 8.39. The van der Waals surface area contributed by atoms with Crippen LogP contribution in [0.2, 0.25) is 5.15 Å². The zero-order valence-corrected chi connectivity index (χ0v) is 21.3. The van der Waals surface area contributed by atoms with Crippen LogP contribution in [-0.4, -0.2) is 22.7 Å². The van der Waals surface area contributed by atoms with Crippen LogP contribution in [0.15, 0.2) is 36.4 Å². The number of benzene rings is 1. The number of ether oxygens (including phenoxy) is 2. The summed E-state index contributed by atoms with van der Waals surface area (Å²) in [5, 5.41) is 3.34. The Morgan fingerprint density at radius 3 is 2.37 bits per heavy atom. The van der Waals surface area contributed by atoms with Gasteiger partial charge in [-0.3, -0.25) is 0 Å². The molecule has 0 aliphatic rings. The van der Waals surface area contributed by atoms with E-state index in [2.05, 4.69) is 53.7 Å². The number of halogens is 2. The van der Waals surface area contributed by atoms with E-state index in [1.807, 2.05) is 57.2 Å². The standard InChI is InChI=1S/C23H30ClIN2O3/c1-22(2,3)18(26-21(28)30-23(4,5)6)13-16-12-17(19(24)27-20(16)25)29-14-15-10-8-7-9-11-15/h7-12,18H,13-14H2,1-6H3,(H,26,28)/t18-/m0/s1. The topological polar surface area (TPSA) is 60.5 Å². The molecule has 1 aromatic carbocycles. The molecule has 1 aromatic heterocycles. The molecule has 1 N–H and O–H groups in total. The summed E-state index contributed by atoms with van der Waals surface area (Å²) < 4.78 is 12.2. The highest BCUT2D eigenvalue weighted by Crippen LogP contribution is 2.30. The third-order valence-corrected chi connectivity index (χ3v) is 5.57. The third-order valence-electron chi connectivity index (χ3n) is 4.37. The van der Waals surface area contributed by atoms with Gasteiger partial charge in [0.05, 0.1) is 0 Å². The Hall–Kier alpha value is -1.54. The molecule has 5 nitrogen and oxygen atoms in total. The lowest BCUT2D eigenvalue weighted by atomic mass is 9.83. The largest absolute Gasteiger partial charge is 0.486 e. The van der Waals surface area contributed by atoms with E-state index in [-0.39, 0.29) is 11.5 Å². The fourth-order valence-corrected chi connectivity index (χ4v) is 3.67. The minimum Gasteiger partial charge on any atom is -0.486 e. The Morgan fingerprint density at radius 1 is 1.17 bits per heavy atom. The van der Waals surface area contributed by atoms with Gasteiger partial charge in [-0.15, -0.1) is 0 Å². The molecule has 30 heavy (non-hydrogen) atoms. The van der Waals surface area contributed by atoms with Crippen LogP contribution in [0.5, 0.6) is 5.75 Å². The van der Waals surface area contributed by atoms with E-state index in [4.69, 9.17) is 21.1 Å². The van der Waals surface area contributed by atoms with Crippen molar-refractivity contribution in [3.8, 4) is 5.75 Å². The van der Waals surface area contributed by atoms with Crippen molar-refractivity contribution >= 4 is 40.3 Å². The number of pyridine rings is 1. The number of aromatic nitrogens is 1. The summed E-state index contributed by atoms with van der Waals surface area (Å²) in [4.78, 5) is 16.8. The lowest BCUT2D eigenvalue weighted by Crippen LogP contribution is -2.47. The molecule has 0 aliphatic carbocycles. The second-order valence-corrected chi connectivity index (χ2v) is 10.7. The van der Waals surface area contributed by atoms with Gasteiger partial charge in [-0.05, 0) is 72.4 Å². The molecule has 0 radical (unpaired) electrons. The molecule has 0 aliphatic heterocycles. The molecule has 0 fully saturated rings. The molecule has 1 atom stereocenters. The quantitative estimate of drug-likeness (QED) is 0.338. The van der Waals surface area contributed by atoms with Crippen molar-refractivity contribution in [1.82, 2.24) is 10.3 Å². The minimum atomic E-state index is -0.554. The lowest BCUT2D eigenvalue weighted by Gasteiger charge is -2.32. The van der Waals surface area contributed by atoms with Gasteiger partial charge in [0.15, 0.2) is 10.9 Å². The first kappa shape index (κ1) is 24.7. The first-order chi connectivity index (χ1) is 13.8. The fraction of sp³-hybridized carbons (Fsp3) is 0.478. The molecule has 2 rings (SSSR count). The van der Waals surface area contributed by atoms with Crippen LogP contribution in [0.25, 0.3) is 0 Å². The summed E-state index contributed by atoms with van der Waals surface area (Å²) in [6.07, 6.45) is 0.146. The number of hydrogen-bond acceptors (Lipinski definition) is 4. The van der Waals surface area contributed by atoms with Gasteiger partial charge in [0.25, 0.3) is 0 Å². The van der Waals surface area contributed by atoms with E-state index >= 15 is 0 Å². The van der Waals surface area contributed by atoms with Crippen molar-refractivity contribution in [2.24, 2.45) is 5.41 Å². The lowest BCUT2D eigenvalue weighted by molar-refractivity contribution is 0.0464. The summed E-state index contributed by atoms with van der Waals surface area (Å²) in [6.45, 7) is 12.2. The van der Waals surface area contributed by atoms with Crippen molar-refractivity contribution in [3.63, 3.8) is 0 Å². The number of nitrogens with zero attached hydrogens (tertiary/aromatic N) is 1. The first-order valence-corrected chi connectivity index (χ1v) is 11.3. The molecule has 0 saturated carbocycles. The number of rotatable bonds is 6. The molecule has 0 saturated heterocycles. The van der Waals surface area contributed by atoms with Crippen molar-refractivity contribution in [2.75, 3.05) is 0 Å². The van der Waals surface area contributed by atoms with Crippen LogP contribution >= 0.6 is 34.2 Å². The van der Waals surface area contributed by atoms with Crippen LogP contribution in [0, 0.1) is 9.12 Å². The van der Waals surface area contributed by atoms with Gasteiger partial charge in [0, 0.05) is 6.04 Å². The second-order valence-electron chi connectivity index (χ2n) is 9.27. The smallest absolute Gasteiger partial charge is 0.407 e. The predicted octanol–water partition coefficient (Wildman–Crippen LogP) is 6.40. The molecule has 164 valence electrons. The summed E-state index contributed by atoms with van der Waals surface area (Å²) in [7, 11) is 0. The summed E-state index contributed by atoms with van der Waals surface area (Å²) >= 11 is 8.49. The highest BCUT2D eigenvalue weighted by Gasteiger charge is 2.29. The van der Waals surface area contributed by atoms with Crippen molar-refractivity contribution in [3.05, 3.63) is 56.4 Å². The van der Waals surface area contributed by atoms with Gasteiger partial charge in [-0.25, -0.2) is 9.78 Å². The number of nitrogens with one attached hydrogen (secondary N) is 1. The summed E-state index contributed by atoms with van der Waals surface area (Å²) in [6, 6.07) is 11.6. The van der Waals surface area contributed by atoms with Gasteiger partial charge in [-0.1, -0.05) is 62.7 Å². The molecule has 0 spiro atoms. The molecule has 1 amide bonds. The summed E-state index contributed by atoms with van der Waals surface area (Å²) in [5.41, 5.74) is 1.26. The van der Waals surface area contributed by atoms with E-state index < -0.39 is 11.7 Å². The molecule has 0 unspecified atom stereocenters. The monoisotopic (exact) mass is 544 g/mol. The van der Waals surface area contributed by atoms with Crippen LogP contribution < -0.4 is 10.1 Å². The molecule has 1 heterocycles. The fourth-order valence-electron chi connectivity index (χ4n) is 2.71. The average Bonchev–Trinajstić information content (AvgIpc) is 2.60. The average molecular weight is 545 g/mol. The van der Waals surface area contributed by atoms with Gasteiger partial charge >= 0.3 is 6.09 Å². The van der Waals surface area contributed by atoms with Crippen molar-refractivity contribution in [1.29, 1.82) is 0 Å². The predicted molar refractivity (Wildman–Crippen MR) is 129 cm³/mol. The van der Waals surface area contributed by atoms with E-state index in [0.717, 1.165) is 14.8 Å². The SMILES string of the molecule is CC(C)(C)OC(=O)N[C@@H](Cc1cc(OCc2ccccc2)c(Cl)nc1I)C(C)(C)C. The van der Waals surface area contributed by atoms with Gasteiger partial charge in [0.1, 0.15) is 15.9 Å². The number of alkyl carbamates (subject to hydrolysis) is 1. The molecule has 2 aromatic rings. The van der Waals surface area contributed by atoms with E-state index in [0.29, 0.717) is 23.9 Å². The zero-order valence-electron chi connectivity index (χ0n) is 18.4. The van der Waals surface area contributed by atoms with Crippen LogP contribution in [0.1, 0.15) is 52.7 Å². The normalized spacial score (nSPS) is 12.9. The van der Waals surface area contributed by atoms with Crippen molar-refractivity contribution in [2.45, 2.75) is 66.2 Å². The number of hydrogen-bond donors (Lipinski definition) is 1. The van der Waals surface area contributed by atoms with Crippen molar-refractivity contribution < 1.29 is 14.3 Å². The molecule has 0 bridgehead atoms. The van der Waals surface area contributed by atoms with Gasteiger partial charge < -0.3 is 14.8 Å². The first-order valence-electron chi connectivity index (χ1n) is 9.86. The summed E-state index contributed by atoms with van der Waals surface area (Å²) in [5.74, 6) is 0.529. The van der Waals surface area contributed by atoms with Gasteiger partial charge in [0.2, 0.25) is 0 Å². The minimum absolute atomic E-state index is 0.161. The Morgan fingerprint density at radius 2 is 1.80 bits per heavy atom. The Balaban J connectivity index is 2.19.